The Labute approximate surface area is 72.2 Å². The third-order valence-electron chi connectivity index (χ3n) is 1.55. The van der Waals surface area contributed by atoms with E-state index in [2.05, 4.69) is 44.7 Å². The van der Waals surface area contributed by atoms with Crippen LogP contribution in [-0.2, 0) is 0 Å². The summed E-state index contributed by atoms with van der Waals surface area (Å²) in [7, 11) is 0. The molecule has 0 saturated heterocycles. The van der Waals surface area contributed by atoms with Crippen LogP contribution in [0.15, 0.2) is 11.1 Å². The van der Waals surface area contributed by atoms with Gasteiger partial charge in [0.05, 0.1) is 14.4 Å². The molecule has 0 saturated carbocycles. The number of hydrogen-bond donors (Lipinski definition) is 1. The van der Waals surface area contributed by atoms with Crippen LogP contribution in [0.5, 0.6) is 0 Å². The standard InChI is InChI=1S/C7H7IN2/c8-7-4-6-5(10-7)2-1-3-9-6/h2,4,10H,1,3H2. The molecule has 0 spiro atoms. The van der Waals surface area contributed by atoms with Gasteiger partial charge >= 0.3 is 0 Å². The minimum atomic E-state index is 0.945. The first-order chi connectivity index (χ1) is 4.86. The minimum Gasteiger partial charge on any atom is -0.349 e. The zero-order valence-electron chi connectivity index (χ0n) is 5.39. The summed E-state index contributed by atoms with van der Waals surface area (Å²) in [6, 6.07) is 2.07. The van der Waals surface area contributed by atoms with Gasteiger partial charge in [-0.3, -0.25) is 4.99 Å². The van der Waals surface area contributed by atoms with E-state index in [1.165, 1.54) is 9.05 Å². The van der Waals surface area contributed by atoms with Crippen LogP contribution in [0.2, 0.25) is 0 Å². The second kappa shape index (κ2) is 2.38. The van der Waals surface area contributed by atoms with E-state index in [4.69, 9.17) is 0 Å². The summed E-state index contributed by atoms with van der Waals surface area (Å²) in [5.74, 6) is 0. The Morgan fingerprint density at radius 1 is 1.60 bits per heavy atom. The maximum Gasteiger partial charge on any atom is 0.0831 e. The number of rotatable bonds is 0. The van der Waals surface area contributed by atoms with Crippen molar-refractivity contribution in [2.75, 3.05) is 6.54 Å². The highest BCUT2D eigenvalue weighted by molar-refractivity contribution is 14.1. The third kappa shape index (κ3) is 0.982. The summed E-state index contributed by atoms with van der Waals surface area (Å²) in [5, 5.41) is 2.31. The van der Waals surface area contributed by atoms with E-state index in [-0.39, 0.29) is 0 Å². The zero-order valence-corrected chi connectivity index (χ0v) is 7.55. The Hall–Kier alpha value is -0.320. The molecular formula is C7H7IN2. The van der Waals surface area contributed by atoms with Gasteiger partial charge in [0, 0.05) is 6.54 Å². The van der Waals surface area contributed by atoms with Gasteiger partial charge in [0.25, 0.3) is 0 Å². The van der Waals surface area contributed by atoms with E-state index in [9.17, 15) is 0 Å². The summed E-state index contributed by atoms with van der Waals surface area (Å²) in [5.41, 5.74) is 0. The van der Waals surface area contributed by atoms with Crippen molar-refractivity contribution in [3.05, 3.63) is 20.5 Å². The molecule has 0 amide bonds. The summed E-state index contributed by atoms with van der Waals surface area (Å²) in [4.78, 5) is 7.58. The van der Waals surface area contributed by atoms with E-state index in [0.29, 0.717) is 0 Å². The lowest BCUT2D eigenvalue weighted by Crippen LogP contribution is -2.25. The topological polar surface area (TPSA) is 28.1 Å². The van der Waals surface area contributed by atoms with Crippen LogP contribution in [0, 0.1) is 3.70 Å². The van der Waals surface area contributed by atoms with Crippen molar-refractivity contribution in [1.29, 1.82) is 0 Å². The highest BCUT2D eigenvalue weighted by atomic mass is 127. The van der Waals surface area contributed by atoms with Crippen LogP contribution in [0.1, 0.15) is 6.42 Å². The van der Waals surface area contributed by atoms with E-state index in [0.717, 1.165) is 18.3 Å². The van der Waals surface area contributed by atoms with Crippen LogP contribution in [-0.4, -0.2) is 11.5 Å². The van der Waals surface area contributed by atoms with Crippen molar-refractivity contribution in [3.8, 4) is 0 Å². The van der Waals surface area contributed by atoms with E-state index >= 15 is 0 Å². The second-order valence-corrected chi connectivity index (χ2v) is 3.45. The molecule has 0 aliphatic carbocycles. The van der Waals surface area contributed by atoms with Gasteiger partial charge in [-0.05, 0) is 35.1 Å². The number of H-pyrrole nitrogens is 1. The molecule has 1 aliphatic heterocycles. The van der Waals surface area contributed by atoms with Crippen LogP contribution >= 0.6 is 22.6 Å². The second-order valence-electron chi connectivity index (χ2n) is 2.29. The number of aromatic amines is 1. The molecule has 2 heterocycles. The number of nitrogens with one attached hydrogen (secondary N) is 1. The summed E-state index contributed by atoms with van der Waals surface area (Å²) in [6.07, 6.45) is 3.27. The molecule has 3 heteroatoms. The molecule has 1 N–H and O–H groups in total. The van der Waals surface area contributed by atoms with Gasteiger partial charge in [-0.15, -0.1) is 0 Å². The number of hydrogen-bond acceptors (Lipinski definition) is 1. The van der Waals surface area contributed by atoms with E-state index in [1.54, 1.807) is 0 Å². The lowest BCUT2D eigenvalue weighted by Gasteiger charge is -1.91. The molecule has 0 radical (unpaired) electrons. The highest BCUT2D eigenvalue weighted by Gasteiger charge is 1.96. The average Bonchev–Trinajstić information content (AvgIpc) is 2.27. The summed E-state index contributed by atoms with van der Waals surface area (Å²) < 4.78 is 1.17. The molecule has 1 aliphatic rings. The van der Waals surface area contributed by atoms with Gasteiger partial charge in [-0.2, -0.15) is 0 Å². The molecule has 2 rings (SSSR count). The molecule has 0 fully saturated rings. The normalized spacial score (nSPS) is 15.3. The smallest absolute Gasteiger partial charge is 0.0831 e. The number of halogens is 1. The van der Waals surface area contributed by atoms with Crippen molar-refractivity contribution < 1.29 is 0 Å². The molecule has 0 unspecified atom stereocenters. The maximum absolute atomic E-state index is 4.35. The molecule has 1 aromatic rings. The van der Waals surface area contributed by atoms with Crippen molar-refractivity contribution in [2.24, 2.45) is 4.99 Å². The fraction of sp³-hybridized carbons (Fsp3) is 0.286. The summed E-state index contributed by atoms with van der Waals surface area (Å²) in [6.45, 7) is 0.945. The van der Waals surface area contributed by atoms with Crippen LogP contribution < -0.4 is 10.7 Å². The Kier molecular flexibility index (Phi) is 1.52. The van der Waals surface area contributed by atoms with Crippen molar-refractivity contribution in [3.63, 3.8) is 0 Å². The van der Waals surface area contributed by atoms with E-state index < -0.39 is 0 Å². The Morgan fingerprint density at radius 3 is 3.30 bits per heavy atom. The maximum atomic E-state index is 4.35. The van der Waals surface area contributed by atoms with E-state index in [1.807, 2.05) is 0 Å². The number of aromatic nitrogens is 1. The molecule has 1 aromatic heterocycles. The number of fused-ring (bicyclic) bond motifs is 1. The Bertz CT molecular complexity index is 317. The lowest BCUT2D eigenvalue weighted by molar-refractivity contribution is 0.955. The van der Waals surface area contributed by atoms with Gasteiger partial charge in [-0.25, -0.2) is 0 Å². The molecule has 0 atom stereocenters. The van der Waals surface area contributed by atoms with Gasteiger partial charge in [0.1, 0.15) is 0 Å². The van der Waals surface area contributed by atoms with Gasteiger partial charge in [-0.1, -0.05) is 6.08 Å². The van der Waals surface area contributed by atoms with Gasteiger partial charge in [0.15, 0.2) is 0 Å². The molecule has 2 nitrogen and oxygen atoms in total. The van der Waals surface area contributed by atoms with Crippen molar-refractivity contribution >= 4 is 28.7 Å². The average molecular weight is 246 g/mol. The van der Waals surface area contributed by atoms with Gasteiger partial charge in [0.2, 0.25) is 0 Å². The first kappa shape index (κ1) is 6.39. The van der Waals surface area contributed by atoms with Crippen LogP contribution in [0.25, 0.3) is 6.08 Å². The largest absolute Gasteiger partial charge is 0.349 e. The Morgan fingerprint density at radius 2 is 2.50 bits per heavy atom. The third-order valence-corrected chi connectivity index (χ3v) is 2.13. The zero-order chi connectivity index (χ0) is 6.97. The first-order valence-electron chi connectivity index (χ1n) is 3.25. The minimum absolute atomic E-state index is 0.945. The molecule has 10 heavy (non-hydrogen) atoms. The molecule has 0 bridgehead atoms. The fourth-order valence-electron chi connectivity index (χ4n) is 1.11. The lowest BCUT2D eigenvalue weighted by atomic mass is 10.3. The summed E-state index contributed by atoms with van der Waals surface area (Å²) >= 11 is 2.27. The van der Waals surface area contributed by atoms with Gasteiger partial charge < -0.3 is 4.98 Å². The predicted molar refractivity (Wildman–Crippen MR) is 48.2 cm³/mol. The SMILES string of the molecule is Ic1cc2c([nH]1)=CCCN=2. The van der Waals surface area contributed by atoms with Crippen LogP contribution in [0.4, 0.5) is 0 Å². The fourth-order valence-corrected chi connectivity index (χ4v) is 1.69. The number of nitrogens with zero attached hydrogens (tertiary/aromatic N) is 1. The van der Waals surface area contributed by atoms with Crippen LogP contribution in [0.3, 0.4) is 0 Å². The quantitative estimate of drug-likeness (QED) is 0.643. The highest BCUT2D eigenvalue weighted by Crippen LogP contribution is 1.93. The first-order valence-corrected chi connectivity index (χ1v) is 4.33. The molecule has 52 valence electrons. The molecular weight excluding hydrogens is 239 g/mol. The predicted octanol–water partition coefficient (Wildman–Crippen LogP) is 0.423. The molecule has 0 aromatic carbocycles. The van der Waals surface area contributed by atoms with Crippen molar-refractivity contribution in [1.82, 2.24) is 4.98 Å². The Balaban J connectivity index is 2.83. The van der Waals surface area contributed by atoms with Crippen molar-refractivity contribution in [2.45, 2.75) is 6.42 Å². The monoisotopic (exact) mass is 246 g/mol.